The predicted molar refractivity (Wildman–Crippen MR) is 118 cm³/mol. The molecule has 2 N–H and O–H groups in total. The summed E-state index contributed by atoms with van der Waals surface area (Å²) in [7, 11) is 0. The summed E-state index contributed by atoms with van der Waals surface area (Å²) in [5.41, 5.74) is 3.21. The first kappa shape index (κ1) is 18.4. The second kappa shape index (κ2) is 6.91. The third-order valence-electron chi connectivity index (χ3n) is 5.03. The van der Waals surface area contributed by atoms with Crippen LogP contribution in [-0.4, -0.2) is 22.8 Å². The van der Waals surface area contributed by atoms with E-state index in [9.17, 15) is 19.8 Å². The second-order valence-corrected chi connectivity index (χ2v) is 7.75. The Hall–Kier alpha value is -2.93. The molecule has 138 valence electrons. The number of hydrogen-bond donors (Lipinski definition) is 2. The quantitative estimate of drug-likeness (QED) is 0.294. The molecule has 28 heavy (non-hydrogen) atoms. The number of halogens is 1. The normalized spacial score (nSPS) is 11.1. The summed E-state index contributed by atoms with van der Waals surface area (Å²) >= 11 is 2.03. The number of carbonyl (C=O) groups excluding carboxylic acids is 2. The maximum absolute atomic E-state index is 11.7. The largest absolute Gasteiger partial charge is 0.508 e. The molecule has 0 fully saturated rings. The number of hydrogen-bond acceptors (Lipinski definition) is 4. The Morgan fingerprint density at radius 2 is 1.25 bits per heavy atom. The fraction of sp³-hybridized carbons (Fsp3) is 0.0435. The van der Waals surface area contributed by atoms with Crippen LogP contribution in [0.3, 0.4) is 0 Å². The SMILES string of the molecule is Cc1c(O)ccc2cc(-c3cc(C=O)c4c(I)c(O)ccc4c3)cc(C=O)c12. The van der Waals surface area contributed by atoms with Crippen LogP contribution in [0, 0.1) is 10.5 Å². The van der Waals surface area contributed by atoms with E-state index in [1.54, 1.807) is 43.3 Å². The molecule has 0 amide bonds. The van der Waals surface area contributed by atoms with Crippen LogP contribution >= 0.6 is 22.6 Å². The molecule has 0 spiro atoms. The average molecular weight is 482 g/mol. The molecule has 0 aliphatic rings. The van der Waals surface area contributed by atoms with Gasteiger partial charge in [-0.1, -0.05) is 12.1 Å². The maximum atomic E-state index is 11.7. The van der Waals surface area contributed by atoms with Crippen molar-refractivity contribution in [2.75, 3.05) is 0 Å². The Balaban J connectivity index is 2.04. The molecule has 0 radical (unpaired) electrons. The third kappa shape index (κ3) is 2.82. The van der Waals surface area contributed by atoms with Crippen LogP contribution in [0.4, 0.5) is 0 Å². The molecule has 0 aliphatic carbocycles. The highest BCUT2D eigenvalue weighted by Crippen LogP contribution is 2.37. The Labute approximate surface area is 174 Å². The third-order valence-corrected chi connectivity index (χ3v) is 6.12. The van der Waals surface area contributed by atoms with E-state index >= 15 is 0 Å². The number of aryl methyl sites for hydroxylation is 1. The molecule has 0 bridgehead atoms. The van der Waals surface area contributed by atoms with Crippen molar-refractivity contribution < 1.29 is 19.8 Å². The van der Waals surface area contributed by atoms with E-state index in [1.807, 2.05) is 34.7 Å². The zero-order chi connectivity index (χ0) is 20.0. The molecule has 4 aromatic rings. The number of rotatable bonds is 3. The summed E-state index contributed by atoms with van der Waals surface area (Å²) in [5.74, 6) is 0.278. The van der Waals surface area contributed by atoms with E-state index in [0.29, 0.717) is 25.6 Å². The Morgan fingerprint density at radius 3 is 1.82 bits per heavy atom. The lowest BCUT2D eigenvalue weighted by molar-refractivity contribution is 0.111. The fourth-order valence-corrected chi connectivity index (χ4v) is 4.44. The van der Waals surface area contributed by atoms with Crippen LogP contribution < -0.4 is 0 Å². The molecule has 0 saturated heterocycles. The van der Waals surface area contributed by atoms with E-state index in [-0.39, 0.29) is 11.5 Å². The van der Waals surface area contributed by atoms with Gasteiger partial charge >= 0.3 is 0 Å². The van der Waals surface area contributed by atoms with Gasteiger partial charge in [0.2, 0.25) is 0 Å². The number of carbonyl (C=O) groups is 2. The number of benzene rings is 4. The van der Waals surface area contributed by atoms with Gasteiger partial charge in [-0.15, -0.1) is 0 Å². The molecule has 4 nitrogen and oxygen atoms in total. The number of aldehydes is 2. The highest BCUT2D eigenvalue weighted by molar-refractivity contribution is 14.1. The van der Waals surface area contributed by atoms with Gasteiger partial charge in [-0.2, -0.15) is 0 Å². The molecule has 0 aliphatic heterocycles. The van der Waals surface area contributed by atoms with Crippen molar-refractivity contribution >= 4 is 56.7 Å². The monoisotopic (exact) mass is 482 g/mol. The molecule has 0 atom stereocenters. The lowest BCUT2D eigenvalue weighted by Gasteiger charge is -2.13. The fourth-order valence-electron chi connectivity index (χ4n) is 3.64. The minimum absolute atomic E-state index is 0.133. The van der Waals surface area contributed by atoms with Gasteiger partial charge in [0.05, 0.1) is 3.57 Å². The van der Waals surface area contributed by atoms with Gasteiger partial charge in [0.15, 0.2) is 12.6 Å². The van der Waals surface area contributed by atoms with E-state index in [1.165, 1.54) is 0 Å². The number of fused-ring (bicyclic) bond motifs is 2. The predicted octanol–water partition coefficient (Wildman–Crippen LogP) is 5.61. The average Bonchev–Trinajstić information content (AvgIpc) is 2.71. The molecule has 4 rings (SSSR count). The minimum Gasteiger partial charge on any atom is -0.508 e. The molecule has 0 saturated carbocycles. The highest BCUT2D eigenvalue weighted by atomic mass is 127. The number of phenols is 2. The Kier molecular flexibility index (Phi) is 4.55. The van der Waals surface area contributed by atoms with Crippen LogP contribution in [0.1, 0.15) is 26.3 Å². The van der Waals surface area contributed by atoms with Crippen LogP contribution in [0.15, 0.2) is 48.5 Å². The lowest BCUT2D eigenvalue weighted by atomic mass is 9.92. The summed E-state index contributed by atoms with van der Waals surface area (Å²) < 4.78 is 0.627. The van der Waals surface area contributed by atoms with Gasteiger partial charge in [0.1, 0.15) is 11.5 Å². The van der Waals surface area contributed by atoms with Crippen molar-refractivity contribution in [1.82, 2.24) is 0 Å². The zero-order valence-electron chi connectivity index (χ0n) is 14.9. The maximum Gasteiger partial charge on any atom is 0.150 e. The summed E-state index contributed by atoms with van der Waals surface area (Å²) in [4.78, 5) is 23.4. The molecular formula is C23H15IO4. The number of aromatic hydroxyl groups is 2. The molecule has 0 unspecified atom stereocenters. The molecule has 5 heteroatoms. The van der Waals surface area contributed by atoms with Crippen molar-refractivity contribution in [2.24, 2.45) is 0 Å². The minimum atomic E-state index is 0.133. The van der Waals surface area contributed by atoms with E-state index in [4.69, 9.17) is 0 Å². The van der Waals surface area contributed by atoms with E-state index in [0.717, 1.165) is 39.9 Å². The zero-order valence-corrected chi connectivity index (χ0v) is 17.0. The van der Waals surface area contributed by atoms with Crippen molar-refractivity contribution in [2.45, 2.75) is 6.92 Å². The van der Waals surface area contributed by atoms with Gasteiger partial charge in [-0.3, -0.25) is 9.59 Å². The van der Waals surface area contributed by atoms with Crippen LogP contribution in [0.2, 0.25) is 0 Å². The van der Waals surface area contributed by atoms with Crippen molar-refractivity contribution in [3.05, 3.63) is 68.8 Å². The molecule has 0 aromatic heterocycles. The van der Waals surface area contributed by atoms with Crippen molar-refractivity contribution in [3.63, 3.8) is 0 Å². The number of phenolic OH excluding ortho intramolecular Hbond substituents is 2. The summed E-state index contributed by atoms with van der Waals surface area (Å²) in [6.07, 6.45) is 1.55. The van der Waals surface area contributed by atoms with Gasteiger partial charge in [-0.05, 0) is 98.8 Å². The lowest BCUT2D eigenvalue weighted by Crippen LogP contribution is -1.93. The van der Waals surface area contributed by atoms with Gasteiger partial charge in [0, 0.05) is 16.5 Å². The smallest absolute Gasteiger partial charge is 0.150 e. The van der Waals surface area contributed by atoms with E-state index < -0.39 is 0 Å². The van der Waals surface area contributed by atoms with Gasteiger partial charge in [0.25, 0.3) is 0 Å². The molecule has 4 aromatic carbocycles. The van der Waals surface area contributed by atoms with Gasteiger partial charge < -0.3 is 10.2 Å². The molecular weight excluding hydrogens is 467 g/mol. The van der Waals surface area contributed by atoms with Crippen molar-refractivity contribution in [3.8, 4) is 22.6 Å². The van der Waals surface area contributed by atoms with Gasteiger partial charge in [-0.25, -0.2) is 0 Å². The first-order valence-corrected chi connectivity index (χ1v) is 9.64. The topological polar surface area (TPSA) is 74.6 Å². The highest BCUT2D eigenvalue weighted by Gasteiger charge is 2.14. The summed E-state index contributed by atoms with van der Waals surface area (Å²) in [5, 5.41) is 23.0. The van der Waals surface area contributed by atoms with Crippen LogP contribution in [0.25, 0.3) is 32.7 Å². The standard InChI is InChI=1S/C23H15IO4/c1-12-19(27)4-2-13-6-15(8-17(10-25)21(12)13)16-7-14-3-5-20(28)23(24)22(14)18(9-16)11-26/h2-11,27-28H,1H3. The van der Waals surface area contributed by atoms with Crippen LogP contribution in [-0.2, 0) is 0 Å². The summed E-state index contributed by atoms with van der Waals surface area (Å²) in [6, 6.07) is 14.2. The Bertz CT molecular complexity index is 1190. The first-order valence-electron chi connectivity index (χ1n) is 8.57. The Morgan fingerprint density at radius 1 is 0.750 bits per heavy atom. The van der Waals surface area contributed by atoms with E-state index in [2.05, 4.69) is 0 Å². The second-order valence-electron chi connectivity index (χ2n) is 6.67. The summed E-state index contributed by atoms with van der Waals surface area (Å²) in [6.45, 7) is 1.78. The molecule has 0 heterocycles. The van der Waals surface area contributed by atoms with Crippen LogP contribution in [0.5, 0.6) is 11.5 Å². The first-order chi connectivity index (χ1) is 13.4. The van der Waals surface area contributed by atoms with Crippen molar-refractivity contribution in [1.29, 1.82) is 0 Å².